The van der Waals surface area contributed by atoms with Crippen LogP contribution in [0.4, 0.5) is 17.6 Å². The molecule has 0 fully saturated rings. The van der Waals surface area contributed by atoms with Crippen molar-refractivity contribution in [2.24, 2.45) is 0 Å². The molecule has 0 aromatic heterocycles. The molecule has 1 nitrogen and oxygen atoms in total. The Hall–Kier alpha value is -1.10. The summed E-state index contributed by atoms with van der Waals surface area (Å²) in [5.41, 5.74) is -1.12. The Bertz CT molecular complexity index is 349. The Balaban J connectivity index is 3.29. The molecule has 0 amide bonds. The minimum Gasteiger partial charge on any atom is -0.320 e. The van der Waals surface area contributed by atoms with E-state index >= 15 is 0 Å². The van der Waals surface area contributed by atoms with Gasteiger partial charge in [0.25, 0.3) is 0 Å². The SMILES string of the molecule is COC(F)(F)c1cc(F)c(C)cc1F. The molecule has 1 rings (SSSR count). The Morgan fingerprint density at radius 1 is 1.14 bits per heavy atom. The molecule has 0 radical (unpaired) electrons. The quantitative estimate of drug-likeness (QED) is 0.679. The van der Waals surface area contributed by atoms with Gasteiger partial charge in [0.2, 0.25) is 0 Å². The standard InChI is InChI=1S/C9H8F4O/c1-5-3-8(11)6(4-7(5)10)9(12,13)14-2/h3-4H,1-2H3. The van der Waals surface area contributed by atoms with Gasteiger partial charge in [-0.05, 0) is 24.6 Å². The third-order valence-electron chi connectivity index (χ3n) is 1.82. The number of alkyl halides is 2. The minimum absolute atomic E-state index is 0.0295. The van der Waals surface area contributed by atoms with Gasteiger partial charge >= 0.3 is 6.11 Å². The molecule has 0 saturated carbocycles. The average molecular weight is 208 g/mol. The van der Waals surface area contributed by atoms with Crippen LogP contribution in [0.3, 0.4) is 0 Å². The van der Waals surface area contributed by atoms with E-state index in [1.54, 1.807) is 0 Å². The van der Waals surface area contributed by atoms with Gasteiger partial charge in [-0.1, -0.05) is 0 Å². The number of aryl methyl sites for hydroxylation is 1. The first kappa shape index (κ1) is 11.0. The second-order valence-electron chi connectivity index (χ2n) is 2.80. The van der Waals surface area contributed by atoms with Gasteiger partial charge < -0.3 is 4.74 Å². The van der Waals surface area contributed by atoms with Crippen molar-refractivity contribution in [2.75, 3.05) is 7.11 Å². The number of hydrogen-bond acceptors (Lipinski definition) is 1. The number of methoxy groups -OCH3 is 1. The van der Waals surface area contributed by atoms with Gasteiger partial charge in [-0.2, -0.15) is 8.78 Å². The minimum atomic E-state index is -3.81. The molecule has 0 spiro atoms. The molecule has 0 unspecified atom stereocenters. The number of halogens is 4. The van der Waals surface area contributed by atoms with Gasteiger partial charge in [0, 0.05) is 7.11 Å². The van der Waals surface area contributed by atoms with Crippen LogP contribution in [0, 0.1) is 18.6 Å². The highest BCUT2D eigenvalue weighted by Gasteiger charge is 2.35. The first-order valence-electron chi connectivity index (χ1n) is 3.77. The molecule has 14 heavy (non-hydrogen) atoms. The lowest BCUT2D eigenvalue weighted by molar-refractivity contribution is -0.233. The summed E-state index contributed by atoms with van der Waals surface area (Å²) in [6.07, 6.45) is -3.81. The molecular formula is C9H8F4O. The van der Waals surface area contributed by atoms with Crippen molar-refractivity contribution in [3.8, 4) is 0 Å². The maximum Gasteiger partial charge on any atom is 0.386 e. The van der Waals surface area contributed by atoms with Gasteiger partial charge in [-0.15, -0.1) is 0 Å². The number of rotatable bonds is 2. The molecule has 0 aliphatic rings. The van der Waals surface area contributed by atoms with E-state index in [9.17, 15) is 17.6 Å². The van der Waals surface area contributed by atoms with Crippen molar-refractivity contribution in [1.29, 1.82) is 0 Å². The highest BCUT2D eigenvalue weighted by atomic mass is 19.3. The predicted octanol–water partition coefficient (Wildman–Crippen LogP) is 2.97. The summed E-state index contributed by atoms with van der Waals surface area (Å²) in [6, 6.07) is 1.14. The fraction of sp³-hybridized carbons (Fsp3) is 0.333. The van der Waals surface area contributed by atoms with Crippen molar-refractivity contribution in [2.45, 2.75) is 13.0 Å². The first-order valence-corrected chi connectivity index (χ1v) is 3.77. The van der Waals surface area contributed by atoms with Crippen LogP contribution in [-0.4, -0.2) is 7.11 Å². The second-order valence-corrected chi connectivity index (χ2v) is 2.80. The normalized spacial score (nSPS) is 11.9. The zero-order chi connectivity index (χ0) is 10.9. The molecular weight excluding hydrogens is 200 g/mol. The largest absolute Gasteiger partial charge is 0.386 e. The number of ether oxygens (including phenoxy) is 1. The third kappa shape index (κ3) is 1.87. The molecule has 0 aliphatic heterocycles. The molecule has 0 saturated heterocycles. The predicted molar refractivity (Wildman–Crippen MR) is 42.0 cm³/mol. The van der Waals surface area contributed by atoms with E-state index in [-0.39, 0.29) is 5.56 Å². The lowest BCUT2D eigenvalue weighted by Crippen LogP contribution is -2.18. The van der Waals surface area contributed by atoms with Crippen LogP contribution in [0.1, 0.15) is 11.1 Å². The lowest BCUT2D eigenvalue weighted by Gasteiger charge is -2.15. The smallest absolute Gasteiger partial charge is 0.320 e. The van der Waals surface area contributed by atoms with E-state index < -0.39 is 23.3 Å². The van der Waals surface area contributed by atoms with Gasteiger partial charge in [-0.3, -0.25) is 0 Å². The van der Waals surface area contributed by atoms with Gasteiger partial charge in [-0.25, -0.2) is 8.78 Å². The average Bonchev–Trinajstić information content (AvgIpc) is 2.11. The van der Waals surface area contributed by atoms with Crippen LogP contribution in [0.5, 0.6) is 0 Å². The molecule has 78 valence electrons. The number of benzene rings is 1. The second kappa shape index (κ2) is 3.57. The summed E-state index contributed by atoms with van der Waals surface area (Å²) in [6.45, 7) is 1.28. The highest BCUT2D eigenvalue weighted by Crippen LogP contribution is 2.31. The monoisotopic (exact) mass is 208 g/mol. The zero-order valence-corrected chi connectivity index (χ0v) is 7.57. The Labute approximate surface area is 78.3 Å². The molecule has 0 aliphatic carbocycles. The van der Waals surface area contributed by atoms with Crippen LogP contribution in [0.25, 0.3) is 0 Å². The Morgan fingerprint density at radius 3 is 2.21 bits per heavy atom. The van der Waals surface area contributed by atoms with Gasteiger partial charge in [0.1, 0.15) is 11.6 Å². The summed E-state index contributed by atoms with van der Waals surface area (Å²) >= 11 is 0. The summed E-state index contributed by atoms with van der Waals surface area (Å²) in [7, 11) is 0.719. The fourth-order valence-electron chi connectivity index (χ4n) is 0.979. The van der Waals surface area contributed by atoms with Crippen LogP contribution in [0.2, 0.25) is 0 Å². The van der Waals surface area contributed by atoms with Gasteiger partial charge in [0.15, 0.2) is 0 Å². The fourth-order valence-corrected chi connectivity index (χ4v) is 0.979. The van der Waals surface area contributed by atoms with Crippen molar-refractivity contribution in [3.05, 3.63) is 34.9 Å². The Kier molecular flexibility index (Phi) is 2.80. The van der Waals surface area contributed by atoms with Crippen LogP contribution < -0.4 is 0 Å². The highest BCUT2D eigenvalue weighted by molar-refractivity contribution is 5.27. The van der Waals surface area contributed by atoms with E-state index in [1.165, 1.54) is 6.92 Å². The van der Waals surface area contributed by atoms with Crippen LogP contribution >= 0.6 is 0 Å². The molecule has 0 atom stereocenters. The molecule has 1 aromatic carbocycles. The summed E-state index contributed by atoms with van der Waals surface area (Å²) in [4.78, 5) is 0. The summed E-state index contributed by atoms with van der Waals surface area (Å²) < 4.78 is 55.3. The summed E-state index contributed by atoms with van der Waals surface area (Å²) in [5, 5.41) is 0. The van der Waals surface area contributed by atoms with Crippen molar-refractivity contribution in [1.82, 2.24) is 0 Å². The van der Waals surface area contributed by atoms with Crippen molar-refractivity contribution in [3.63, 3.8) is 0 Å². The van der Waals surface area contributed by atoms with Crippen molar-refractivity contribution < 1.29 is 22.3 Å². The van der Waals surface area contributed by atoms with Crippen LogP contribution in [0.15, 0.2) is 12.1 Å². The summed E-state index contributed by atoms with van der Waals surface area (Å²) in [5.74, 6) is -2.08. The molecule has 1 aromatic rings. The third-order valence-corrected chi connectivity index (χ3v) is 1.82. The molecule has 0 heterocycles. The van der Waals surface area contributed by atoms with Gasteiger partial charge in [0.05, 0.1) is 5.56 Å². The van der Waals surface area contributed by atoms with E-state index in [4.69, 9.17) is 0 Å². The molecule has 0 bridgehead atoms. The Morgan fingerprint density at radius 2 is 1.71 bits per heavy atom. The molecule has 0 N–H and O–H groups in total. The van der Waals surface area contributed by atoms with Crippen LogP contribution in [-0.2, 0) is 10.8 Å². The van der Waals surface area contributed by atoms with E-state index in [2.05, 4.69) is 4.74 Å². The first-order chi connectivity index (χ1) is 6.38. The lowest BCUT2D eigenvalue weighted by atomic mass is 10.1. The van der Waals surface area contributed by atoms with E-state index in [0.29, 0.717) is 12.1 Å². The molecule has 5 heteroatoms. The topological polar surface area (TPSA) is 9.23 Å². The number of hydrogen-bond donors (Lipinski definition) is 0. The maximum atomic E-state index is 13.0. The maximum absolute atomic E-state index is 13.0. The van der Waals surface area contributed by atoms with Crippen molar-refractivity contribution >= 4 is 0 Å². The van der Waals surface area contributed by atoms with E-state index in [0.717, 1.165) is 7.11 Å². The zero-order valence-electron chi connectivity index (χ0n) is 7.57. The van der Waals surface area contributed by atoms with E-state index in [1.807, 2.05) is 0 Å².